The van der Waals surface area contributed by atoms with Gasteiger partial charge in [-0.25, -0.2) is 4.98 Å². The van der Waals surface area contributed by atoms with E-state index in [2.05, 4.69) is 15.1 Å². The molecule has 4 aromatic rings. The molecule has 0 radical (unpaired) electrons. The van der Waals surface area contributed by atoms with E-state index in [1.807, 2.05) is 18.2 Å². The first kappa shape index (κ1) is 17.7. The van der Waals surface area contributed by atoms with Crippen molar-refractivity contribution in [3.8, 4) is 11.5 Å². The van der Waals surface area contributed by atoms with Crippen LogP contribution in [0.1, 0.15) is 11.1 Å². The van der Waals surface area contributed by atoms with Crippen LogP contribution in [0, 0.1) is 0 Å². The third-order valence-electron chi connectivity index (χ3n) is 4.50. The number of nitrogens with zero attached hydrogens (tertiary/aromatic N) is 3. The van der Waals surface area contributed by atoms with Crippen LogP contribution in [0.4, 0.5) is 0 Å². The summed E-state index contributed by atoms with van der Waals surface area (Å²) in [6.07, 6.45) is 2.91. The second kappa shape index (κ2) is 7.16. The predicted molar refractivity (Wildman–Crippen MR) is 106 cm³/mol. The molecule has 2 aromatic heterocycles. The highest BCUT2D eigenvalue weighted by Gasteiger charge is 2.11. The van der Waals surface area contributed by atoms with Crippen LogP contribution in [0.15, 0.2) is 52.6 Å². The van der Waals surface area contributed by atoms with E-state index in [4.69, 9.17) is 9.47 Å². The number of hydrogen-bond acceptors (Lipinski definition) is 6. The van der Waals surface area contributed by atoms with Crippen LogP contribution in [-0.2, 0) is 6.61 Å². The molecule has 0 aliphatic rings. The number of aromatic nitrogens is 3. The Labute approximate surface area is 159 Å². The molecule has 0 aliphatic carbocycles. The van der Waals surface area contributed by atoms with E-state index in [0.29, 0.717) is 28.1 Å². The van der Waals surface area contributed by atoms with Crippen LogP contribution in [-0.4, -0.2) is 40.2 Å². The smallest absolute Gasteiger partial charge is 0.298 e. The van der Waals surface area contributed by atoms with Gasteiger partial charge in [0.2, 0.25) is 0 Å². The lowest BCUT2D eigenvalue weighted by Crippen LogP contribution is -2.17. The Kier molecular flexibility index (Phi) is 4.54. The largest absolute Gasteiger partial charge is 0.497 e. The standard InChI is InChI=1S/C20H18N4O4/c1-27-14-4-5-16-15(8-14)18-19(23-16)20(26)24(11-21-18)22-9-12-3-6-17(28-2)13(7-12)10-25/h3-9,11,23,25H,10H2,1-2H3/b22-9+. The van der Waals surface area contributed by atoms with Gasteiger partial charge in [-0.05, 0) is 42.0 Å². The molecule has 0 fully saturated rings. The lowest BCUT2D eigenvalue weighted by molar-refractivity contribution is 0.274. The van der Waals surface area contributed by atoms with E-state index in [1.54, 1.807) is 32.4 Å². The van der Waals surface area contributed by atoms with Crippen LogP contribution in [0.3, 0.4) is 0 Å². The first-order valence-electron chi connectivity index (χ1n) is 8.54. The van der Waals surface area contributed by atoms with Crippen molar-refractivity contribution >= 4 is 28.2 Å². The Bertz CT molecular complexity index is 1260. The van der Waals surface area contributed by atoms with Gasteiger partial charge in [0.05, 0.1) is 27.0 Å². The van der Waals surface area contributed by atoms with Crippen LogP contribution in [0.25, 0.3) is 21.9 Å². The highest BCUT2D eigenvalue weighted by atomic mass is 16.5. The number of fused-ring (bicyclic) bond motifs is 3. The maximum absolute atomic E-state index is 12.8. The van der Waals surface area contributed by atoms with Crippen molar-refractivity contribution in [2.24, 2.45) is 5.10 Å². The van der Waals surface area contributed by atoms with Crippen molar-refractivity contribution < 1.29 is 14.6 Å². The van der Waals surface area contributed by atoms with Crippen LogP contribution < -0.4 is 15.0 Å². The molecule has 2 heterocycles. The van der Waals surface area contributed by atoms with E-state index < -0.39 is 0 Å². The molecule has 0 saturated heterocycles. The molecule has 0 amide bonds. The number of hydrogen-bond donors (Lipinski definition) is 2. The van der Waals surface area contributed by atoms with Gasteiger partial charge in [-0.3, -0.25) is 4.79 Å². The van der Waals surface area contributed by atoms with Crippen molar-refractivity contribution in [3.05, 3.63) is 64.2 Å². The normalized spacial score (nSPS) is 11.5. The molecule has 0 aliphatic heterocycles. The summed E-state index contributed by atoms with van der Waals surface area (Å²) in [4.78, 5) is 20.3. The molecule has 2 aromatic carbocycles. The molecule has 28 heavy (non-hydrogen) atoms. The summed E-state index contributed by atoms with van der Waals surface area (Å²) in [5.74, 6) is 1.28. The van der Waals surface area contributed by atoms with Gasteiger partial charge in [0.25, 0.3) is 5.56 Å². The molecule has 0 saturated carbocycles. The fraction of sp³-hybridized carbons (Fsp3) is 0.150. The second-order valence-electron chi connectivity index (χ2n) is 6.13. The van der Waals surface area contributed by atoms with Gasteiger partial charge < -0.3 is 19.6 Å². The van der Waals surface area contributed by atoms with Gasteiger partial charge in [0, 0.05) is 16.5 Å². The predicted octanol–water partition coefficient (Wildman–Crippen LogP) is 2.27. The van der Waals surface area contributed by atoms with Crippen molar-refractivity contribution in [3.63, 3.8) is 0 Å². The molecule has 142 valence electrons. The third-order valence-corrected chi connectivity index (χ3v) is 4.50. The van der Waals surface area contributed by atoms with E-state index in [1.165, 1.54) is 12.5 Å². The first-order valence-corrected chi connectivity index (χ1v) is 8.54. The third kappa shape index (κ3) is 2.99. The van der Waals surface area contributed by atoms with Gasteiger partial charge >= 0.3 is 0 Å². The number of benzene rings is 2. The van der Waals surface area contributed by atoms with Gasteiger partial charge in [-0.2, -0.15) is 9.78 Å². The van der Waals surface area contributed by atoms with Crippen LogP contribution >= 0.6 is 0 Å². The summed E-state index contributed by atoms with van der Waals surface area (Å²) in [6, 6.07) is 10.8. The molecular formula is C20H18N4O4. The number of aliphatic hydroxyl groups is 1. The van der Waals surface area contributed by atoms with Crippen LogP contribution in [0.2, 0.25) is 0 Å². The monoisotopic (exact) mass is 378 g/mol. The number of H-pyrrole nitrogens is 1. The number of aromatic amines is 1. The summed E-state index contributed by atoms with van der Waals surface area (Å²) in [6.45, 7) is -0.156. The Hall–Kier alpha value is -3.65. The molecule has 2 N–H and O–H groups in total. The Balaban J connectivity index is 1.75. The molecule has 0 spiro atoms. The van der Waals surface area contributed by atoms with Gasteiger partial charge in [0.15, 0.2) is 0 Å². The van der Waals surface area contributed by atoms with Crippen molar-refractivity contribution in [2.75, 3.05) is 14.2 Å². The molecule has 0 unspecified atom stereocenters. The lowest BCUT2D eigenvalue weighted by atomic mass is 10.1. The van der Waals surface area contributed by atoms with Crippen LogP contribution in [0.5, 0.6) is 11.5 Å². The zero-order chi connectivity index (χ0) is 19.7. The van der Waals surface area contributed by atoms with E-state index in [-0.39, 0.29) is 12.2 Å². The minimum Gasteiger partial charge on any atom is -0.497 e. The molecule has 4 rings (SSSR count). The SMILES string of the molecule is COc1ccc2[nH]c3c(=O)n(/N=C/c4ccc(OC)c(CO)c4)cnc3c2c1. The number of rotatable bonds is 5. The lowest BCUT2D eigenvalue weighted by Gasteiger charge is -2.06. The van der Waals surface area contributed by atoms with Crippen molar-refractivity contribution in [2.45, 2.75) is 6.61 Å². The first-order chi connectivity index (χ1) is 13.6. The molecular weight excluding hydrogens is 360 g/mol. The quantitative estimate of drug-likeness (QED) is 0.519. The summed E-state index contributed by atoms with van der Waals surface area (Å²) in [5.41, 5.74) is 2.78. The number of ether oxygens (including phenoxy) is 2. The number of aliphatic hydroxyl groups excluding tert-OH is 1. The number of methoxy groups -OCH3 is 2. The zero-order valence-electron chi connectivity index (χ0n) is 15.3. The van der Waals surface area contributed by atoms with E-state index in [9.17, 15) is 9.90 Å². The molecule has 8 heteroatoms. The fourth-order valence-corrected chi connectivity index (χ4v) is 3.07. The highest BCUT2D eigenvalue weighted by molar-refractivity contribution is 6.04. The van der Waals surface area contributed by atoms with Crippen molar-refractivity contribution in [1.29, 1.82) is 0 Å². The van der Waals surface area contributed by atoms with Crippen molar-refractivity contribution in [1.82, 2.24) is 14.6 Å². The second-order valence-corrected chi connectivity index (χ2v) is 6.13. The van der Waals surface area contributed by atoms with E-state index in [0.717, 1.165) is 21.1 Å². The Morgan fingerprint density at radius 1 is 1.21 bits per heavy atom. The Morgan fingerprint density at radius 3 is 2.82 bits per heavy atom. The molecule has 8 nitrogen and oxygen atoms in total. The topological polar surface area (TPSA) is 102 Å². The zero-order valence-corrected chi connectivity index (χ0v) is 15.3. The number of nitrogens with one attached hydrogen (secondary N) is 1. The molecule has 0 bridgehead atoms. The maximum Gasteiger partial charge on any atom is 0.298 e. The minimum absolute atomic E-state index is 0.156. The summed E-state index contributed by atoms with van der Waals surface area (Å²) < 4.78 is 11.6. The van der Waals surface area contributed by atoms with E-state index >= 15 is 0 Å². The van der Waals surface area contributed by atoms with Gasteiger partial charge in [-0.1, -0.05) is 0 Å². The minimum atomic E-state index is -0.313. The molecule has 0 atom stereocenters. The summed E-state index contributed by atoms with van der Waals surface area (Å²) in [5, 5.41) is 14.4. The summed E-state index contributed by atoms with van der Waals surface area (Å²) >= 11 is 0. The maximum atomic E-state index is 12.8. The summed E-state index contributed by atoms with van der Waals surface area (Å²) in [7, 11) is 3.13. The van der Waals surface area contributed by atoms with Gasteiger partial charge in [0.1, 0.15) is 28.9 Å². The van der Waals surface area contributed by atoms with Gasteiger partial charge in [-0.15, -0.1) is 0 Å². The Morgan fingerprint density at radius 2 is 2.07 bits per heavy atom. The highest BCUT2D eigenvalue weighted by Crippen LogP contribution is 2.25. The fourth-order valence-electron chi connectivity index (χ4n) is 3.07. The average Bonchev–Trinajstić information content (AvgIpc) is 3.11. The average molecular weight is 378 g/mol.